The average molecular weight is 409 g/mol. The largest absolute Gasteiger partial charge is 0.505 e. The van der Waals surface area contributed by atoms with Gasteiger partial charge in [-0.25, -0.2) is 4.79 Å². The lowest BCUT2D eigenvalue weighted by Crippen LogP contribution is -2.55. The summed E-state index contributed by atoms with van der Waals surface area (Å²) in [5.74, 6) is -2.77. The summed E-state index contributed by atoms with van der Waals surface area (Å²) in [6.45, 7) is 4.67. The van der Waals surface area contributed by atoms with E-state index in [-0.39, 0.29) is 29.2 Å². The van der Waals surface area contributed by atoms with Gasteiger partial charge in [0.1, 0.15) is 16.7 Å². The zero-order valence-corrected chi connectivity index (χ0v) is 16.1. The van der Waals surface area contributed by atoms with E-state index >= 15 is 0 Å². The lowest BCUT2D eigenvalue weighted by atomic mass is 9.88. The highest BCUT2D eigenvalue weighted by Crippen LogP contribution is 2.45. The minimum absolute atomic E-state index is 0.155. The van der Waals surface area contributed by atoms with Crippen LogP contribution in [0.4, 0.5) is 0 Å². The molecule has 2 rings (SSSR count). The predicted octanol–water partition coefficient (Wildman–Crippen LogP) is 2.27. The number of rotatable bonds is 4. The summed E-state index contributed by atoms with van der Waals surface area (Å²) < 4.78 is 11.0. The molecule has 1 heterocycles. The van der Waals surface area contributed by atoms with Crippen molar-refractivity contribution in [1.29, 1.82) is 0 Å². The highest BCUT2D eigenvalue weighted by Gasteiger charge is 2.44. The number of phenols is 2. The van der Waals surface area contributed by atoms with Gasteiger partial charge in [-0.1, -0.05) is 30.1 Å². The zero-order valence-electron chi connectivity index (χ0n) is 14.6. The molecule has 0 spiro atoms. The number of carbonyl (C=O) groups is 1. The van der Waals surface area contributed by atoms with E-state index in [4.69, 9.17) is 32.7 Å². The molecule has 0 bridgehead atoms. The van der Waals surface area contributed by atoms with E-state index in [0.29, 0.717) is 0 Å². The third-order valence-corrected chi connectivity index (χ3v) is 5.47. The maximum atomic E-state index is 12.7. The van der Waals surface area contributed by atoms with Gasteiger partial charge in [0.15, 0.2) is 17.6 Å². The Balaban J connectivity index is 2.38. The van der Waals surface area contributed by atoms with Crippen molar-refractivity contribution >= 4 is 29.2 Å². The second-order valence-electron chi connectivity index (χ2n) is 6.29. The number of aromatic hydroxyl groups is 2. The van der Waals surface area contributed by atoms with Crippen molar-refractivity contribution in [2.75, 3.05) is 6.61 Å². The number of aliphatic hydroxyl groups is 2. The molecule has 0 amide bonds. The van der Waals surface area contributed by atoms with E-state index in [1.54, 1.807) is 20.8 Å². The quantitative estimate of drug-likeness (QED) is 0.564. The molecule has 0 aliphatic carbocycles. The van der Waals surface area contributed by atoms with Crippen molar-refractivity contribution in [3.8, 4) is 11.5 Å². The molecule has 1 saturated heterocycles. The first-order chi connectivity index (χ1) is 12.1. The number of esters is 1. The Morgan fingerprint density at radius 1 is 1.15 bits per heavy atom. The molecule has 0 radical (unpaired) electrons. The highest BCUT2D eigenvalue weighted by atomic mass is 35.5. The van der Waals surface area contributed by atoms with Crippen molar-refractivity contribution < 1.29 is 34.7 Å². The van der Waals surface area contributed by atoms with Crippen molar-refractivity contribution in [3.63, 3.8) is 0 Å². The molecule has 0 saturated carbocycles. The van der Waals surface area contributed by atoms with Crippen LogP contribution >= 0.6 is 23.2 Å². The van der Waals surface area contributed by atoms with Crippen LogP contribution in [0.15, 0.2) is 0 Å². The van der Waals surface area contributed by atoms with Gasteiger partial charge < -0.3 is 29.9 Å². The molecule has 1 fully saturated rings. The molecule has 1 aliphatic rings. The molecular weight excluding hydrogens is 387 g/mol. The van der Waals surface area contributed by atoms with Gasteiger partial charge in [0.05, 0.1) is 23.8 Å². The van der Waals surface area contributed by atoms with Gasteiger partial charge in [0.25, 0.3) is 0 Å². The molecule has 5 atom stereocenters. The number of ether oxygens (including phenoxy) is 2. The first-order valence-corrected chi connectivity index (χ1v) is 8.98. The van der Waals surface area contributed by atoms with Crippen LogP contribution in [0.5, 0.6) is 11.5 Å². The van der Waals surface area contributed by atoms with Crippen molar-refractivity contribution in [3.05, 3.63) is 21.2 Å². The van der Waals surface area contributed by atoms with Crippen LogP contribution in [-0.2, 0) is 15.9 Å². The first kappa shape index (κ1) is 21.1. The predicted molar refractivity (Wildman–Crippen MR) is 95.0 cm³/mol. The Labute approximate surface area is 161 Å². The minimum atomic E-state index is -1.15. The smallest absolute Gasteiger partial charge is 0.342 e. The number of benzene rings is 1. The summed E-state index contributed by atoms with van der Waals surface area (Å²) in [7, 11) is 0. The summed E-state index contributed by atoms with van der Waals surface area (Å²) in [6.07, 6.45) is -3.06. The molecule has 7 nitrogen and oxygen atoms in total. The lowest BCUT2D eigenvalue weighted by molar-refractivity contribution is -0.196. The SMILES string of the molecule is CCc1c(Cl)c(O)c(Cl)c(O)c1C(=O)O[C@H]1[C@H](O)[C@H](CO)[C@H](C)O[C@@H]1C. The zero-order chi connectivity index (χ0) is 19.8. The van der Waals surface area contributed by atoms with Crippen LogP contribution in [0.2, 0.25) is 10.0 Å². The number of hydrogen-bond donors (Lipinski definition) is 4. The summed E-state index contributed by atoms with van der Waals surface area (Å²) in [6, 6.07) is 0. The van der Waals surface area contributed by atoms with Gasteiger partial charge in [-0.15, -0.1) is 0 Å². The van der Waals surface area contributed by atoms with Gasteiger partial charge in [-0.2, -0.15) is 0 Å². The minimum Gasteiger partial charge on any atom is -0.505 e. The fourth-order valence-corrected chi connectivity index (χ4v) is 3.75. The number of carbonyl (C=O) groups excluding carboxylic acids is 1. The normalized spacial score (nSPS) is 28.8. The second-order valence-corrected chi connectivity index (χ2v) is 7.04. The molecule has 1 aromatic carbocycles. The Morgan fingerprint density at radius 2 is 1.77 bits per heavy atom. The van der Waals surface area contributed by atoms with E-state index < -0.39 is 52.8 Å². The van der Waals surface area contributed by atoms with E-state index in [1.165, 1.54) is 0 Å². The number of hydrogen-bond acceptors (Lipinski definition) is 7. The maximum Gasteiger partial charge on any atom is 0.342 e. The summed E-state index contributed by atoms with van der Waals surface area (Å²) >= 11 is 11.9. The molecular formula is C17H22Cl2O7. The Hall–Kier alpha value is -1.25. The summed E-state index contributed by atoms with van der Waals surface area (Å²) in [5.41, 5.74) is -0.110. The van der Waals surface area contributed by atoms with Crippen LogP contribution in [0.3, 0.4) is 0 Å². The molecule has 0 aromatic heterocycles. The summed E-state index contributed by atoms with van der Waals surface area (Å²) in [4.78, 5) is 12.7. The topological polar surface area (TPSA) is 116 Å². The van der Waals surface area contributed by atoms with Gasteiger partial charge in [-0.3, -0.25) is 0 Å². The number of halogens is 2. The van der Waals surface area contributed by atoms with Gasteiger partial charge >= 0.3 is 5.97 Å². The first-order valence-electron chi connectivity index (χ1n) is 8.22. The van der Waals surface area contributed by atoms with Crippen LogP contribution in [0, 0.1) is 5.92 Å². The van der Waals surface area contributed by atoms with Gasteiger partial charge in [0.2, 0.25) is 0 Å². The average Bonchev–Trinajstić information content (AvgIpc) is 2.59. The molecule has 9 heteroatoms. The Bertz CT molecular complexity index is 694. The molecule has 146 valence electrons. The van der Waals surface area contributed by atoms with Gasteiger partial charge in [0, 0.05) is 5.92 Å². The van der Waals surface area contributed by atoms with E-state index in [2.05, 4.69) is 0 Å². The van der Waals surface area contributed by atoms with E-state index in [9.17, 15) is 25.2 Å². The highest BCUT2D eigenvalue weighted by molar-refractivity contribution is 6.39. The third-order valence-electron chi connectivity index (χ3n) is 4.71. The van der Waals surface area contributed by atoms with Crippen LogP contribution in [0.1, 0.15) is 36.7 Å². The van der Waals surface area contributed by atoms with Crippen molar-refractivity contribution in [2.45, 2.75) is 51.6 Å². The lowest BCUT2D eigenvalue weighted by Gasteiger charge is -2.41. The number of phenolic OH excluding ortho intramolecular Hbond substituents is 2. The van der Waals surface area contributed by atoms with E-state index in [0.717, 1.165) is 0 Å². The van der Waals surface area contributed by atoms with Crippen LogP contribution < -0.4 is 0 Å². The fourth-order valence-electron chi connectivity index (χ4n) is 3.19. The third kappa shape index (κ3) is 3.59. The number of aliphatic hydroxyl groups excluding tert-OH is 2. The van der Waals surface area contributed by atoms with Crippen LogP contribution in [-0.4, -0.2) is 57.4 Å². The summed E-state index contributed by atoms with van der Waals surface area (Å²) in [5, 5.41) is 39.3. The Kier molecular flexibility index (Phi) is 6.63. The molecule has 26 heavy (non-hydrogen) atoms. The molecule has 4 N–H and O–H groups in total. The molecule has 0 unspecified atom stereocenters. The maximum absolute atomic E-state index is 12.7. The molecule has 1 aromatic rings. The monoisotopic (exact) mass is 408 g/mol. The van der Waals surface area contributed by atoms with Crippen LogP contribution in [0.25, 0.3) is 0 Å². The van der Waals surface area contributed by atoms with Crippen molar-refractivity contribution in [2.24, 2.45) is 5.92 Å². The Morgan fingerprint density at radius 3 is 2.31 bits per heavy atom. The standard InChI is InChI=1S/C17H22Cl2O7/c1-4-8-10(14(22)12(19)15(23)11(8)18)17(24)26-16-7(3)25-6(2)9(5-20)13(16)21/h6-7,9,13,16,20-23H,4-5H2,1-3H3/t6-,7+,9+,13+,16+/m0/s1. The van der Waals surface area contributed by atoms with Gasteiger partial charge in [-0.05, 0) is 25.8 Å². The fraction of sp³-hybridized carbons (Fsp3) is 0.588. The van der Waals surface area contributed by atoms with E-state index in [1.807, 2.05) is 0 Å². The molecule has 1 aliphatic heterocycles. The van der Waals surface area contributed by atoms with Crippen molar-refractivity contribution in [1.82, 2.24) is 0 Å². The second kappa shape index (κ2) is 8.19.